The Morgan fingerprint density at radius 2 is 1.52 bits per heavy atom. The minimum Gasteiger partial charge on any atom is -0.454 e. The number of carbonyl (C=O) groups is 1. The highest BCUT2D eigenvalue weighted by atomic mass is 16.7. The van der Waals surface area contributed by atoms with E-state index < -0.39 is 97.2 Å². The maximum atomic E-state index is 12.2. The summed E-state index contributed by atoms with van der Waals surface area (Å²) in [7, 11) is 0. The quantitative estimate of drug-likeness (QED) is 0.112. The fourth-order valence-electron chi connectivity index (χ4n) is 14.6. The normalized spacial score (nSPS) is 57.1. The Labute approximate surface area is 342 Å². The van der Waals surface area contributed by atoms with E-state index in [4.69, 9.17) is 28.4 Å². The summed E-state index contributed by atoms with van der Waals surface area (Å²) in [5.74, 6) is -0.382. The number of esters is 1. The monoisotopic (exact) mass is 822 g/mol. The predicted molar refractivity (Wildman–Crippen MR) is 206 cm³/mol. The van der Waals surface area contributed by atoms with Gasteiger partial charge in [0.15, 0.2) is 18.7 Å². The molecule has 2 bridgehead atoms. The van der Waals surface area contributed by atoms with E-state index in [0.717, 1.165) is 45.4 Å². The van der Waals surface area contributed by atoms with Crippen LogP contribution in [0.1, 0.15) is 107 Å². The van der Waals surface area contributed by atoms with Gasteiger partial charge in [-0.25, -0.2) is 0 Å². The number of carbonyl (C=O) groups excluding carboxylic acids is 1. The number of aliphatic hydroxyl groups excluding tert-OH is 7. The van der Waals surface area contributed by atoms with Crippen LogP contribution in [0.2, 0.25) is 0 Å². The lowest BCUT2D eigenvalue weighted by Crippen LogP contribution is -2.72. The van der Waals surface area contributed by atoms with Crippen LogP contribution in [-0.2, 0) is 33.2 Å². The van der Waals surface area contributed by atoms with Crippen molar-refractivity contribution >= 4 is 5.97 Å². The molecule has 0 aromatic rings. The second-order valence-electron chi connectivity index (χ2n) is 21.5. The van der Waals surface area contributed by atoms with Crippen molar-refractivity contribution < 1.29 is 69.0 Å². The molecular formula is C44H70O14. The number of ether oxygens (including phenoxy) is 6. The van der Waals surface area contributed by atoms with Crippen LogP contribution >= 0.6 is 0 Å². The molecule has 1 spiro atoms. The molecule has 7 N–H and O–H groups in total. The summed E-state index contributed by atoms with van der Waals surface area (Å²) in [6.45, 7) is 16.4. The topological polar surface area (TPSA) is 214 Å². The third kappa shape index (κ3) is 5.89. The zero-order valence-electron chi connectivity index (χ0n) is 35.6. The summed E-state index contributed by atoms with van der Waals surface area (Å²) >= 11 is 0. The number of hydrogen-bond acceptors (Lipinski definition) is 14. The first kappa shape index (κ1) is 43.4. The molecule has 0 aromatic carbocycles. The molecule has 5 aliphatic carbocycles. The van der Waals surface area contributed by atoms with Gasteiger partial charge in [-0.05, 0) is 86.4 Å². The number of hydrogen-bond donors (Lipinski definition) is 7. The molecule has 4 saturated carbocycles. The van der Waals surface area contributed by atoms with Crippen LogP contribution in [0.5, 0.6) is 0 Å². The molecule has 58 heavy (non-hydrogen) atoms. The van der Waals surface area contributed by atoms with E-state index in [1.165, 1.54) is 0 Å². The van der Waals surface area contributed by atoms with E-state index in [0.29, 0.717) is 19.4 Å². The standard InChI is InChI=1S/C44H70O14/c1-22-30(49)34(58-37-35(55-23(2)47)32(51)31(50)24(19-45)56-37)33(52)36(54-22)57-29-11-12-39(5)25(40(29,6)20-46)9-13-41(7)26(39)10-14-44-27-17-38(3,4)15-16-43(27,21-53-44)28(48)18-42(41,44)8/h10,14,22,24-37,45-46,48-52H,9,11-13,15-21H2,1-8H3/t22-,24-,25-,26-,27-,28+,29+,30+,31-,32+,33-,34+,35-,36+,37+,39+,40+,41-,42+,43?,44?/m1/s1. The highest BCUT2D eigenvalue weighted by Crippen LogP contribution is 2.79. The summed E-state index contributed by atoms with van der Waals surface area (Å²) < 4.78 is 36.9. The van der Waals surface area contributed by atoms with Gasteiger partial charge in [-0.3, -0.25) is 4.79 Å². The van der Waals surface area contributed by atoms with Crippen molar-refractivity contribution in [1.82, 2.24) is 0 Å². The van der Waals surface area contributed by atoms with Gasteiger partial charge in [-0.1, -0.05) is 53.7 Å². The minimum atomic E-state index is -1.69. The van der Waals surface area contributed by atoms with Gasteiger partial charge in [0.25, 0.3) is 0 Å². The van der Waals surface area contributed by atoms with E-state index in [2.05, 4.69) is 53.7 Å². The molecule has 7 fully saturated rings. The molecule has 0 amide bonds. The van der Waals surface area contributed by atoms with Crippen LogP contribution in [0.3, 0.4) is 0 Å². The molecule has 3 aliphatic heterocycles. The van der Waals surface area contributed by atoms with Gasteiger partial charge in [-0.2, -0.15) is 0 Å². The number of fused-ring (bicyclic) bond motifs is 4. The van der Waals surface area contributed by atoms with Crippen molar-refractivity contribution in [2.75, 3.05) is 19.8 Å². The third-order valence-corrected chi connectivity index (χ3v) is 18.2. The van der Waals surface area contributed by atoms with Crippen LogP contribution in [0.25, 0.3) is 0 Å². The Kier molecular flexibility index (Phi) is 10.8. The molecule has 8 rings (SSSR count). The van der Waals surface area contributed by atoms with Crippen LogP contribution in [0, 0.1) is 50.2 Å². The van der Waals surface area contributed by atoms with Crippen LogP contribution in [0.15, 0.2) is 12.2 Å². The summed E-state index contributed by atoms with van der Waals surface area (Å²) in [5, 5.41) is 77.6. The van der Waals surface area contributed by atoms with Gasteiger partial charge in [0.05, 0.1) is 43.7 Å². The average Bonchev–Trinajstić information content (AvgIpc) is 3.44. The summed E-state index contributed by atoms with van der Waals surface area (Å²) in [6, 6.07) is 0. The van der Waals surface area contributed by atoms with Gasteiger partial charge in [0.2, 0.25) is 0 Å². The molecule has 3 saturated heterocycles. The number of aliphatic hydroxyl groups is 7. The third-order valence-electron chi connectivity index (χ3n) is 18.2. The van der Waals surface area contributed by atoms with E-state index >= 15 is 0 Å². The Hall–Kier alpha value is -1.27. The van der Waals surface area contributed by atoms with Gasteiger partial charge in [0, 0.05) is 29.1 Å². The van der Waals surface area contributed by atoms with Crippen LogP contribution < -0.4 is 0 Å². The second kappa shape index (κ2) is 14.4. The molecule has 0 aromatic heterocycles. The van der Waals surface area contributed by atoms with Gasteiger partial charge in [-0.15, -0.1) is 0 Å². The molecule has 330 valence electrons. The molecule has 2 unspecified atom stereocenters. The van der Waals surface area contributed by atoms with Gasteiger partial charge < -0.3 is 64.2 Å². The maximum absolute atomic E-state index is 12.2. The summed E-state index contributed by atoms with van der Waals surface area (Å²) in [5.41, 5.74) is -2.00. The Bertz CT molecular complexity index is 1610. The highest BCUT2D eigenvalue weighted by molar-refractivity contribution is 5.66. The first-order chi connectivity index (χ1) is 27.1. The zero-order valence-corrected chi connectivity index (χ0v) is 35.6. The largest absolute Gasteiger partial charge is 0.454 e. The first-order valence-electron chi connectivity index (χ1n) is 21.8. The van der Waals surface area contributed by atoms with E-state index in [1.54, 1.807) is 6.92 Å². The molecule has 14 nitrogen and oxygen atoms in total. The lowest BCUT2D eigenvalue weighted by molar-refractivity contribution is -0.368. The SMILES string of the molecule is CC(=O)O[C@H]1[C@H](O[C@H]2[C@@H](O)[C@@H](C)O[C@@H](O[C@H]3CC[C@@]4(C)[C@@H](CC[C@]5(C)[C@@H]4C=CC46OCC7(CCC(C)(C)C[C@H]74)[C@@H](O)C[C@]65C)[C@]3(C)CO)[C@@H]2O)O[C@H](CO)[C@@H](O)[C@@H]1O. The fourth-order valence-corrected chi connectivity index (χ4v) is 14.6. The Balaban J connectivity index is 1.05. The average molecular weight is 823 g/mol. The molecule has 3 heterocycles. The highest BCUT2D eigenvalue weighted by Gasteiger charge is 2.79. The van der Waals surface area contributed by atoms with E-state index in [9.17, 15) is 40.5 Å². The fraction of sp³-hybridized carbons (Fsp3) is 0.932. The zero-order chi connectivity index (χ0) is 42.2. The van der Waals surface area contributed by atoms with Crippen LogP contribution in [-0.4, -0.2) is 141 Å². The van der Waals surface area contributed by atoms with Crippen molar-refractivity contribution in [3.05, 3.63) is 12.2 Å². The molecule has 14 heteroatoms. The van der Waals surface area contributed by atoms with Crippen molar-refractivity contribution in [3.8, 4) is 0 Å². The molecule has 8 aliphatic rings. The molecule has 21 atom stereocenters. The van der Waals surface area contributed by atoms with Crippen molar-refractivity contribution in [1.29, 1.82) is 0 Å². The van der Waals surface area contributed by atoms with Crippen molar-refractivity contribution in [2.45, 2.75) is 186 Å². The second-order valence-corrected chi connectivity index (χ2v) is 21.5. The van der Waals surface area contributed by atoms with E-state index in [-0.39, 0.29) is 51.4 Å². The summed E-state index contributed by atoms with van der Waals surface area (Å²) in [6.07, 6.45) is -3.57. The Morgan fingerprint density at radius 1 is 0.793 bits per heavy atom. The lowest BCUT2D eigenvalue weighted by Gasteiger charge is -2.73. The van der Waals surface area contributed by atoms with Crippen molar-refractivity contribution in [2.24, 2.45) is 50.2 Å². The predicted octanol–water partition coefficient (Wildman–Crippen LogP) is 2.35. The van der Waals surface area contributed by atoms with Gasteiger partial charge >= 0.3 is 5.97 Å². The molecular weight excluding hydrogens is 752 g/mol. The first-order valence-corrected chi connectivity index (χ1v) is 21.8. The minimum absolute atomic E-state index is 0.0223. The lowest BCUT2D eigenvalue weighted by atomic mass is 9.32. The smallest absolute Gasteiger partial charge is 0.303 e. The van der Waals surface area contributed by atoms with Crippen molar-refractivity contribution in [3.63, 3.8) is 0 Å². The number of allylic oxidation sites excluding steroid dienone is 1. The van der Waals surface area contributed by atoms with Crippen LogP contribution in [0.4, 0.5) is 0 Å². The number of rotatable bonds is 7. The summed E-state index contributed by atoms with van der Waals surface area (Å²) in [4.78, 5) is 12.0. The van der Waals surface area contributed by atoms with E-state index in [1.807, 2.05) is 0 Å². The van der Waals surface area contributed by atoms with Gasteiger partial charge in [0.1, 0.15) is 36.6 Å². The maximum Gasteiger partial charge on any atom is 0.303 e. The molecule has 0 radical (unpaired) electrons. The Morgan fingerprint density at radius 3 is 2.19 bits per heavy atom.